The molecule has 140 valence electrons. The molecule has 27 heavy (non-hydrogen) atoms. The van der Waals surface area contributed by atoms with Gasteiger partial charge in [0.25, 0.3) is 0 Å². The van der Waals surface area contributed by atoms with Gasteiger partial charge < -0.3 is 5.32 Å². The van der Waals surface area contributed by atoms with Crippen LogP contribution in [0.15, 0.2) is 60.9 Å². The van der Waals surface area contributed by atoms with Crippen LogP contribution in [0.2, 0.25) is 0 Å². The Kier molecular flexibility index (Phi) is 5.29. The van der Waals surface area contributed by atoms with Crippen LogP contribution in [0.5, 0.6) is 0 Å². The van der Waals surface area contributed by atoms with E-state index < -0.39 is 0 Å². The van der Waals surface area contributed by atoms with Gasteiger partial charge in [0.15, 0.2) is 0 Å². The number of nitrogens with one attached hydrogen (secondary N) is 3. The van der Waals surface area contributed by atoms with Crippen molar-refractivity contribution in [2.24, 2.45) is 5.92 Å². The summed E-state index contributed by atoms with van der Waals surface area (Å²) in [6.07, 6.45) is 3.97. The van der Waals surface area contributed by atoms with Gasteiger partial charge in [0.05, 0.1) is 17.9 Å². The number of aromatic nitrogens is 2. The molecule has 0 amide bonds. The third kappa shape index (κ3) is 4.08. The Balaban J connectivity index is 1.34. The Bertz CT molecular complexity index is 890. The van der Waals surface area contributed by atoms with Gasteiger partial charge in [-0.25, -0.2) is 14.5 Å². The maximum Gasteiger partial charge on any atom is 0.123 e. The second-order valence-electron chi connectivity index (χ2n) is 7.03. The summed E-state index contributed by atoms with van der Waals surface area (Å²) < 4.78 is 15.1. The smallest absolute Gasteiger partial charge is 0.123 e. The van der Waals surface area contributed by atoms with Crippen molar-refractivity contribution >= 4 is 0 Å². The minimum absolute atomic E-state index is 0.174. The monoisotopic (exact) mass is 365 g/mol. The summed E-state index contributed by atoms with van der Waals surface area (Å²) in [6, 6.07) is 15.1. The molecule has 2 heterocycles. The van der Waals surface area contributed by atoms with E-state index in [0.717, 1.165) is 36.4 Å². The quantitative estimate of drug-likeness (QED) is 0.629. The number of benzene rings is 2. The third-order valence-electron chi connectivity index (χ3n) is 5.06. The van der Waals surface area contributed by atoms with Gasteiger partial charge in [0.2, 0.25) is 0 Å². The fraction of sp³-hybridized carbons (Fsp3) is 0.286. The van der Waals surface area contributed by atoms with Crippen molar-refractivity contribution in [3.8, 4) is 5.69 Å². The lowest BCUT2D eigenvalue weighted by molar-refractivity contribution is 0.441. The van der Waals surface area contributed by atoms with Crippen LogP contribution in [-0.2, 0) is 6.54 Å². The van der Waals surface area contributed by atoms with E-state index in [-0.39, 0.29) is 11.9 Å². The van der Waals surface area contributed by atoms with E-state index in [1.807, 2.05) is 35.1 Å². The molecule has 3 aromatic rings. The van der Waals surface area contributed by atoms with E-state index in [2.05, 4.69) is 46.5 Å². The molecule has 1 aliphatic heterocycles. The highest BCUT2D eigenvalue weighted by molar-refractivity contribution is 5.39. The molecule has 1 saturated heterocycles. The van der Waals surface area contributed by atoms with Gasteiger partial charge in [0.1, 0.15) is 5.82 Å². The van der Waals surface area contributed by atoms with E-state index in [1.165, 1.54) is 17.7 Å². The summed E-state index contributed by atoms with van der Waals surface area (Å²) in [6.45, 7) is 4.58. The molecule has 2 unspecified atom stereocenters. The standard InChI is InChI=1S/C21H24FN5/c1-15-4-2-3-5-20(15)27-14-16(11-25-27)10-23-12-18-13-24-26-21(18)17-6-8-19(22)9-7-17/h2-9,11,14,18,21,23-24,26H,10,12-13H2,1H3. The molecule has 2 aromatic carbocycles. The molecule has 0 spiro atoms. The molecular weight excluding hydrogens is 341 g/mol. The van der Waals surface area contributed by atoms with Crippen LogP contribution in [0.25, 0.3) is 5.69 Å². The van der Waals surface area contributed by atoms with Crippen LogP contribution >= 0.6 is 0 Å². The lowest BCUT2D eigenvalue weighted by Gasteiger charge is -2.19. The maximum absolute atomic E-state index is 13.2. The number of rotatable bonds is 6. The normalized spacial score (nSPS) is 19.5. The Morgan fingerprint density at radius 1 is 1.19 bits per heavy atom. The van der Waals surface area contributed by atoms with Crippen molar-refractivity contribution in [1.82, 2.24) is 25.9 Å². The summed E-state index contributed by atoms with van der Waals surface area (Å²) in [5.74, 6) is 0.187. The minimum Gasteiger partial charge on any atom is -0.312 e. The summed E-state index contributed by atoms with van der Waals surface area (Å²) in [7, 11) is 0. The Hall–Kier alpha value is -2.54. The van der Waals surface area contributed by atoms with Gasteiger partial charge in [-0.1, -0.05) is 30.3 Å². The second kappa shape index (κ2) is 8.00. The Morgan fingerprint density at radius 2 is 2.00 bits per heavy atom. The van der Waals surface area contributed by atoms with Crippen molar-refractivity contribution in [3.05, 3.63) is 83.4 Å². The van der Waals surface area contributed by atoms with Gasteiger partial charge in [-0.15, -0.1) is 0 Å². The molecule has 0 bridgehead atoms. The summed E-state index contributed by atoms with van der Waals surface area (Å²) in [4.78, 5) is 0. The molecule has 2 atom stereocenters. The van der Waals surface area contributed by atoms with Gasteiger partial charge in [-0.3, -0.25) is 5.43 Å². The van der Waals surface area contributed by atoms with Crippen LogP contribution in [-0.4, -0.2) is 22.9 Å². The molecule has 4 rings (SSSR count). The number of aryl methyl sites for hydroxylation is 1. The summed E-state index contributed by atoms with van der Waals surface area (Å²) in [5, 5.41) is 8.01. The molecule has 5 nitrogen and oxygen atoms in total. The van der Waals surface area contributed by atoms with E-state index in [1.54, 1.807) is 0 Å². The topological polar surface area (TPSA) is 53.9 Å². The van der Waals surface area contributed by atoms with Crippen LogP contribution < -0.4 is 16.2 Å². The number of hydrogen-bond donors (Lipinski definition) is 3. The van der Waals surface area contributed by atoms with E-state index in [4.69, 9.17) is 0 Å². The zero-order chi connectivity index (χ0) is 18.6. The Morgan fingerprint density at radius 3 is 2.81 bits per heavy atom. The molecule has 1 aliphatic rings. The molecule has 0 radical (unpaired) electrons. The Labute approximate surface area is 158 Å². The highest BCUT2D eigenvalue weighted by Crippen LogP contribution is 2.24. The minimum atomic E-state index is -0.204. The van der Waals surface area contributed by atoms with E-state index in [9.17, 15) is 4.39 Å². The zero-order valence-electron chi connectivity index (χ0n) is 15.3. The van der Waals surface area contributed by atoms with Crippen LogP contribution in [0.4, 0.5) is 4.39 Å². The van der Waals surface area contributed by atoms with Gasteiger partial charge in [-0.2, -0.15) is 5.10 Å². The average molecular weight is 365 g/mol. The lowest BCUT2D eigenvalue weighted by Crippen LogP contribution is -2.28. The first-order valence-corrected chi connectivity index (χ1v) is 9.25. The molecule has 0 saturated carbocycles. The highest BCUT2D eigenvalue weighted by Gasteiger charge is 2.27. The predicted octanol–water partition coefficient (Wildman–Crippen LogP) is 2.87. The predicted molar refractivity (Wildman–Crippen MR) is 104 cm³/mol. The summed E-state index contributed by atoms with van der Waals surface area (Å²) >= 11 is 0. The first-order chi connectivity index (χ1) is 13.2. The van der Waals surface area contributed by atoms with Crippen LogP contribution in [0, 0.1) is 18.7 Å². The SMILES string of the molecule is Cc1ccccc1-n1cc(CNCC2CNNC2c2ccc(F)cc2)cn1. The van der Waals surface area contributed by atoms with Crippen molar-refractivity contribution in [3.63, 3.8) is 0 Å². The van der Waals surface area contributed by atoms with Crippen LogP contribution in [0.1, 0.15) is 22.7 Å². The molecular formula is C21H24FN5. The average Bonchev–Trinajstić information content (AvgIpc) is 3.33. The van der Waals surface area contributed by atoms with Crippen molar-refractivity contribution in [1.29, 1.82) is 0 Å². The zero-order valence-corrected chi connectivity index (χ0v) is 15.3. The molecule has 6 heteroatoms. The molecule has 1 aromatic heterocycles. The van der Waals surface area contributed by atoms with Crippen molar-refractivity contribution in [2.45, 2.75) is 19.5 Å². The van der Waals surface area contributed by atoms with Crippen LogP contribution in [0.3, 0.4) is 0 Å². The number of nitrogens with zero attached hydrogens (tertiary/aromatic N) is 2. The van der Waals surface area contributed by atoms with E-state index in [0.29, 0.717) is 5.92 Å². The van der Waals surface area contributed by atoms with Gasteiger partial charge >= 0.3 is 0 Å². The molecule has 0 aliphatic carbocycles. The number of hydrazine groups is 1. The fourth-order valence-corrected chi connectivity index (χ4v) is 3.56. The molecule has 3 N–H and O–H groups in total. The van der Waals surface area contributed by atoms with Gasteiger partial charge in [-0.05, 0) is 36.2 Å². The first kappa shape index (κ1) is 17.9. The first-order valence-electron chi connectivity index (χ1n) is 9.25. The molecule has 1 fully saturated rings. The van der Waals surface area contributed by atoms with Crippen molar-refractivity contribution in [2.75, 3.05) is 13.1 Å². The highest BCUT2D eigenvalue weighted by atomic mass is 19.1. The largest absolute Gasteiger partial charge is 0.312 e. The second-order valence-corrected chi connectivity index (χ2v) is 7.03. The number of hydrogen-bond acceptors (Lipinski definition) is 4. The fourth-order valence-electron chi connectivity index (χ4n) is 3.56. The maximum atomic E-state index is 13.2. The number of halogens is 1. The third-order valence-corrected chi connectivity index (χ3v) is 5.06. The van der Waals surface area contributed by atoms with Crippen molar-refractivity contribution < 1.29 is 4.39 Å². The summed E-state index contributed by atoms with van der Waals surface area (Å²) in [5.41, 5.74) is 11.1. The number of para-hydroxylation sites is 1. The van der Waals surface area contributed by atoms with E-state index >= 15 is 0 Å². The lowest BCUT2D eigenvalue weighted by atomic mass is 9.95. The van der Waals surface area contributed by atoms with Gasteiger partial charge in [0, 0.05) is 37.3 Å².